The van der Waals surface area contributed by atoms with Crippen LogP contribution in [-0.2, 0) is 14.4 Å². The number of likely N-dealkylation sites (tertiary alicyclic amines) is 1. The Balaban J connectivity index is 2.08. The zero-order valence-electron chi connectivity index (χ0n) is 11.0. The van der Waals surface area contributed by atoms with Crippen molar-refractivity contribution in [1.82, 2.24) is 4.90 Å². The van der Waals surface area contributed by atoms with Crippen LogP contribution < -0.4 is 11.1 Å². The smallest absolute Gasteiger partial charge is 0.244 e. The first-order valence-electron chi connectivity index (χ1n) is 6.26. The van der Waals surface area contributed by atoms with Crippen LogP contribution in [0.25, 0.3) is 0 Å². The minimum absolute atomic E-state index is 0.185. The number of rotatable bonds is 3. The molecule has 0 atom stereocenters. The molecule has 0 radical (unpaired) electrons. The second-order valence-electron chi connectivity index (χ2n) is 4.63. The molecule has 0 aliphatic carbocycles. The Morgan fingerprint density at radius 3 is 2.24 bits per heavy atom. The number of imide groups is 1. The lowest BCUT2D eigenvalue weighted by atomic mass is 10.1. The fraction of sp³-hybridized carbons (Fsp3) is 0.308. The summed E-state index contributed by atoms with van der Waals surface area (Å²) in [5.74, 6) is -1.25. The van der Waals surface area contributed by atoms with Gasteiger partial charge in [0.1, 0.15) is 6.54 Å². The predicted octanol–water partition coefficient (Wildman–Crippen LogP) is 2.05. The molecule has 1 aromatic rings. The number of anilines is 2. The lowest BCUT2D eigenvalue weighted by Crippen LogP contribution is -2.44. The Hall–Kier alpha value is -1.79. The average Bonchev–Trinajstić information content (AvgIpc) is 2.38. The lowest BCUT2D eigenvalue weighted by molar-refractivity contribution is -0.150. The number of hydrogen-bond acceptors (Lipinski definition) is 4. The third kappa shape index (κ3) is 3.65. The number of carbonyl (C=O) groups excluding carboxylic acids is 3. The first-order chi connectivity index (χ1) is 9.88. The van der Waals surface area contributed by atoms with Gasteiger partial charge in [0.15, 0.2) is 0 Å². The van der Waals surface area contributed by atoms with Gasteiger partial charge in [-0.1, -0.05) is 23.2 Å². The van der Waals surface area contributed by atoms with Gasteiger partial charge in [-0.15, -0.1) is 0 Å². The third-order valence-corrected chi connectivity index (χ3v) is 3.61. The fourth-order valence-corrected chi connectivity index (χ4v) is 2.61. The molecule has 6 nitrogen and oxygen atoms in total. The zero-order chi connectivity index (χ0) is 15.6. The summed E-state index contributed by atoms with van der Waals surface area (Å²) in [6.45, 7) is -0.352. The largest absolute Gasteiger partial charge is 0.399 e. The van der Waals surface area contributed by atoms with E-state index in [2.05, 4.69) is 5.32 Å². The van der Waals surface area contributed by atoms with E-state index in [0.29, 0.717) is 12.1 Å². The van der Waals surface area contributed by atoms with E-state index in [4.69, 9.17) is 28.9 Å². The van der Waals surface area contributed by atoms with Gasteiger partial charge in [0.25, 0.3) is 0 Å². The van der Waals surface area contributed by atoms with Crippen molar-refractivity contribution in [1.29, 1.82) is 0 Å². The highest BCUT2D eigenvalue weighted by atomic mass is 35.5. The summed E-state index contributed by atoms with van der Waals surface area (Å²) in [4.78, 5) is 36.2. The van der Waals surface area contributed by atoms with E-state index in [1.54, 1.807) is 0 Å². The highest BCUT2D eigenvalue weighted by Gasteiger charge is 2.28. The molecule has 3 N–H and O–H groups in total. The van der Waals surface area contributed by atoms with Crippen LogP contribution in [0.15, 0.2) is 12.1 Å². The Morgan fingerprint density at radius 2 is 1.71 bits per heavy atom. The van der Waals surface area contributed by atoms with Crippen LogP contribution in [0.2, 0.25) is 10.0 Å². The topological polar surface area (TPSA) is 92.5 Å². The van der Waals surface area contributed by atoms with E-state index < -0.39 is 5.91 Å². The summed E-state index contributed by atoms with van der Waals surface area (Å²) < 4.78 is 0. The SMILES string of the molecule is Nc1cc(Cl)c(NC(=O)CN2C(=O)CCCC2=O)c(Cl)c1. The summed E-state index contributed by atoms with van der Waals surface area (Å²) >= 11 is 11.9. The van der Waals surface area contributed by atoms with Crippen LogP contribution >= 0.6 is 23.2 Å². The van der Waals surface area contributed by atoms with Crippen molar-refractivity contribution < 1.29 is 14.4 Å². The monoisotopic (exact) mass is 329 g/mol. The van der Waals surface area contributed by atoms with Crippen LogP contribution in [0.4, 0.5) is 11.4 Å². The fourth-order valence-electron chi connectivity index (χ4n) is 2.01. The summed E-state index contributed by atoms with van der Waals surface area (Å²) in [7, 11) is 0. The third-order valence-electron chi connectivity index (χ3n) is 3.01. The quantitative estimate of drug-likeness (QED) is 0.655. The van der Waals surface area contributed by atoms with E-state index in [9.17, 15) is 14.4 Å². The summed E-state index contributed by atoms with van der Waals surface area (Å²) in [6.07, 6.45) is 1.05. The molecule has 1 fully saturated rings. The second-order valence-corrected chi connectivity index (χ2v) is 5.45. The summed E-state index contributed by atoms with van der Waals surface area (Å²) in [5, 5.41) is 2.86. The highest BCUT2D eigenvalue weighted by Crippen LogP contribution is 2.32. The lowest BCUT2D eigenvalue weighted by Gasteiger charge is -2.24. The highest BCUT2D eigenvalue weighted by molar-refractivity contribution is 6.40. The molecule has 21 heavy (non-hydrogen) atoms. The van der Waals surface area contributed by atoms with Gasteiger partial charge in [-0.2, -0.15) is 0 Å². The molecule has 0 unspecified atom stereocenters. The number of nitrogen functional groups attached to an aromatic ring is 1. The van der Waals surface area contributed by atoms with Gasteiger partial charge < -0.3 is 11.1 Å². The molecule has 0 saturated carbocycles. The number of nitrogens with one attached hydrogen (secondary N) is 1. The predicted molar refractivity (Wildman–Crippen MR) is 80.1 cm³/mol. The Bertz CT molecular complexity index is 580. The molecule has 1 aromatic carbocycles. The maximum Gasteiger partial charge on any atom is 0.244 e. The molecule has 1 aliphatic rings. The van der Waals surface area contributed by atoms with Crippen molar-refractivity contribution in [3.63, 3.8) is 0 Å². The molecular formula is C13H13Cl2N3O3. The van der Waals surface area contributed by atoms with Crippen LogP contribution in [0, 0.1) is 0 Å². The van der Waals surface area contributed by atoms with Gasteiger partial charge in [0.05, 0.1) is 15.7 Å². The molecule has 0 bridgehead atoms. The number of piperidine rings is 1. The van der Waals surface area contributed by atoms with Gasteiger partial charge in [-0.25, -0.2) is 0 Å². The minimum atomic E-state index is -0.549. The first-order valence-corrected chi connectivity index (χ1v) is 7.01. The maximum absolute atomic E-state index is 12.0. The van der Waals surface area contributed by atoms with Crippen LogP contribution in [0.1, 0.15) is 19.3 Å². The molecule has 112 valence electrons. The van der Waals surface area contributed by atoms with Crippen molar-refractivity contribution in [2.24, 2.45) is 0 Å². The zero-order valence-corrected chi connectivity index (χ0v) is 12.5. The van der Waals surface area contributed by atoms with E-state index in [1.807, 2.05) is 0 Å². The standard InChI is InChI=1S/C13H13Cl2N3O3/c14-8-4-7(16)5-9(15)13(8)17-10(19)6-18-11(20)2-1-3-12(18)21/h4-5H,1-3,6,16H2,(H,17,19). The van der Waals surface area contributed by atoms with Crippen molar-refractivity contribution >= 4 is 52.3 Å². The number of benzene rings is 1. The Kier molecular flexibility index (Phi) is 4.69. The molecule has 1 aliphatic heterocycles. The molecule has 3 amide bonds. The van der Waals surface area contributed by atoms with Gasteiger partial charge in [-0.05, 0) is 18.6 Å². The van der Waals surface area contributed by atoms with E-state index in [1.165, 1.54) is 12.1 Å². The van der Waals surface area contributed by atoms with Gasteiger partial charge in [0.2, 0.25) is 17.7 Å². The van der Waals surface area contributed by atoms with Crippen molar-refractivity contribution in [3.05, 3.63) is 22.2 Å². The Morgan fingerprint density at radius 1 is 1.19 bits per heavy atom. The summed E-state index contributed by atoms with van der Waals surface area (Å²) in [6, 6.07) is 2.89. The molecule has 1 heterocycles. The summed E-state index contributed by atoms with van der Waals surface area (Å²) in [5.41, 5.74) is 6.13. The number of hydrogen-bond donors (Lipinski definition) is 2. The van der Waals surface area contributed by atoms with Crippen molar-refractivity contribution in [2.45, 2.75) is 19.3 Å². The second kappa shape index (κ2) is 6.32. The molecule has 0 spiro atoms. The van der Waals surface area contributed by atoms with Gasteiger partial charge in [0, 0.05) is 18.5 Å². The number of halogens is 2. The number of carbonyl (C=O) groups is 3. The van der Waals surface area contributed by atoms with Crippen molar-refractivity contribution in [2.75, 3.05) is 17.6 Å². The number of amides is 3. The minimum Gasteiger partial charge on any atom is -0.399 e. The normalized spacial score (nSPS) is 15.2. The molecular weight excluding hydrogens is 317 g/mol. The molecule has 0 aromatic heterocycles. The molecule has 2 rings (SSSR count). The van der Waals surface area contributed by atoms with Gasteiger partial charge in [-0.3, -0.25) is 19.3 Å². The maximum atomic E-state index is 12.0. The first kappa shape index (κ1) is 15.6. The van der Waals surface area contributed by atoms with Crippen LogP contribution in [0.3, 0.4) is 0 Å². The number of nitrogens with two attached hydrogens (primary N) is 1. The molecule has 8 heteroatoms. The molecule has 1 saturated heterocycles. The van der Waals surface area contributed by atoms with Gasteiger partial charge >= 0.3 is 0 Å². The van der Waals surface area contributed by atoms with E-state index in [-0.39, 0.29) is 46.9 Å². The van der Waals surface area contributed by atoms with Crippen LogP contribution in [-0.4, -0.2) is 29.2 Å². The van der Waals surface area contributed by atoms with Crippen molar-refractivity contribution in [3.8, 4) is 0 Å². The van der Waals surface area contributed by atoms with Crippen LogP contribution in [0.5, 0.6) is 0 Å². The van der Waals surface area contributed by atoms with E-state index in [0.717, 1.165) is 4.90 Å². The number of nitrogens with zero attached hydrogens (tertiary/aromatic N) is 1. The average molecular weight is 330 g/mol. The van der Waals surface area contributed by atoms with E-state index >= 15 is 0 Å². The Labute approximate surface area is 131 Å².